The number of thioether (sulfide) groups is 1. The molecule has 0 aliphatic carbocycles. The van der Waals surface area contributed by atoms with Gasteiger partial charge >= 0.3 is 12.0 Å². The van der Waals surface area contributed by atoms with Gasteiger partial charge in [-0.3, -0.25) is 19.2 Å². The molecule has 4 rings (SSSR count). The van der Waals surface area contributed by atoms with E-state index >= 15 is 0 Å². The monoisotopic (exact) mass is 856 g/mol. The van der Waals surface area contributed by atoms with Crippen molar-refractivity contribution in [1.82, 2.24) is 31.9 Å². The van der Waals surface area contributed by atoms with Gasteiger partial charge in [0.2, 0.25) is 21.8 Å². The number of nitrogens with zero attached hydrogens (tertiary/aromatic N) is 3. The highest BCUT2D eigenvalue weighted by Crippen LogP contribution is 2.33. The summed E-state index contributed by atoms with van der Waals surface area (Å²) >= 11 is 1.87. The number of nitrogens with two attached hydrogens (primary N) is 1. The molecule has 2 aliphatic rings. The molecule has 3 unspecified atom stereocenters. The van der Waals surface area contributed by atoms with Crippen molar-refractivity contribution in [3.05, 3.63) is 70.1 Å². The number of unbranched alkanes of at least 4 members (excludes halogenated alkanes) is 4. The van der Waals surface area contributed by atoms with Crippen LogP contribution in [0.15, 0.2) is 58.5 Å². The van der Waals surface area contributed by atoms with Crippen LogP contribution < -0.4 is 37.0 Å². The molecule has 2 aromatic carbocycles. The average molecular weight is 857 g/mol. The van der Waals surface area contributed by atoms with E-state index in [2.05, 4.69) is 41.9 Å². The number of amides is 6. The summed E-state index contributed by atoms with van der Waals surface area (Å²) in [6.45, 7) is 0.642. The second kappa shape index (κ2) is 23.9. The van der Waals surface area contributed by atoms with Crippen molar-refractivity contribution in [3.63, 3.8) is 0 Å². The minimum atomic E-state index is -3.92. The number of carbonyl (C=O) groups excluding carboxylic acids is 6. The molecule has 6 amide bonds. The Balaban J connectivity index is 1.09. The number of urea groups is 1. The van der Waals surface area contributed by atoms with Crippen molar-refractivity contribution in [3.8, 4) is 0 Å². The Morgan fingerprint density at radius 3 is 2.12 bits per heavy atom. The van der Waals surface area contributed by atoms with Gasteiger partial charge in [0.1, 0.15) is 12.6 Å². The molecule has 2 aromatic rings. The quantitative estimate of drug-likeness (QED) is 0.0191. The molecule has 59 heavy (non-hydrogen) atoms. The highest BCUT2D eigenvalue weighted by atomic mass is 32.2. The molecule has 2 saturated heterocycles. The van der Waals surface area contributed by atoms with Gasteiger partial charge < -0.3 is 36.6 Å². The normalized spacial score (nSPS) is 17.3. The van der Waals surface area contributed by atoms with Crippen LogP contribution >= 0.6 is 11.8 Å². The fourth-order valence-corrected chi connectivity index (χ4v) is 8.56. The summed E-state index contributed by atoms with van der Waals surface area (Å²) in [6, 6.07) is 10.1. The number of benzene rings is 2. The predicted octanol–water partition coefficient (Wildman–Crippen LogP) is 3.04. The lowest BCUT2D eigenvalue weighted by atomic mass is 10.0. The largest absolute Gasteiger partial charge is 0.462 e. The second-order valence-electron chi connectivity index (χ2n) is 14.1. The number of azide groups is 1. The van der Waals surface area contributed by atoms with Crippen molar-refractivity contribution in [2.75, 3.05) is 32.0 Å². The molecular weight excluding hydrogens is 805 g/mol. The van der Waals surface area contributed by atoms with Gasteiger partial charge in [-0.2, -0.15) is 11.8 Å². The minimum absolute atomic E-state index is 0.0185. The van der Waals surface area contributed by atoms with Crippen LogP contribution in [0.3, 0.4) is 0 Å². The summed E-state index contributed by atoms with van der Waals surface area (Å²) in [5, 5.41) is 25.9. The van der Waals surface area contributed by atoms with Crippen LogP contribution in [0.1, 0.15) is 91.3 Å². The van der Waals surface area contributed by atoms with E-state index in [9.17, 15) is 37.2 Å². The molecule has 2 fully saturated rings. The van der Waals surface area contributed by atoms with E-state index in [0.29, 0.717) is 56.1 Å². The van der Waals surface area contributed by atoms with Crippen LogP contribution in [0.25, 0.3) is 10.4 Å². The van der Waals surface area contributed by atoms with Gasteiger partial charge in [-0.05, 0) is 86.9 Å². The maximum absolute atomic E-state index is 13.1. The van der Waals surface area contributed by atoms with Gasteiger partial charge in [-0.15, -0.1) is 0 Å². The maximum Gasteiger partial charge on any atom is 0.328 e. The van der Waals surface area contributed by atoms with Crippen LogP contribution in [0.4, 0.5) is 10.5 Å². The van der Waals surface area contributed by atoms with Gasteiger partial charge in [0.15, 0.2) is 0 Å². The number of sulfonamides is 1. The van der Waals surface area contributed by atoms with E-state index in [1.807, 2.05) is 11.8 Å². The summed E-state index contributed by atoms with van der Waals surface area (Å²) in [7, 11) is -3.92. The fourth-order valence-electron chi connectivity index (χ4n) is 6.50. The van der Waals surface area contributed by atoms with E-state index in [4.69, 9.17) is 15.4 Å². The summed E-state index contributed by atoms with van der Waals surface area (Å²) in [4.78, 5) is 77.2. The number of esters is 1. The van der Waals surface area contributed by atoms with Crippen LogP contribution in [-0.4, -0.2) is 99.4 Å². The zero-order chi connectivity index (χ0) is 42.6. The van der Waals surface area contributed by atoms with Gasteiger partial charge in [0, 0.05) is 58.7 Å². The molecule has 21 heteroatoms. The Labute approximate surface area is 347 Å². The van der Waals surface area contributed by atoms with E-state index < -0.39 is 33.8 Å². The van der Waals surface area contributed by atoms with E-state index in [0.717, 1.165) is 37.9 Å². The van der Waals surface area contributed by atoms with Gasteiger partial charge in [0.05, 0.1) is 23.5 Å². The topological polar surface area (TPSA) is 293 Å². The van der Waals surface area contributed by atoms with E-state index in [1.54, 1.807) is 0 Å². The lowest BCUT2D eigenvalue weighted by molar-refractivity contribution is -0.146. The molecular formula is C38H52N10O9S2. The van der Waals surface area contributed by atoms with Crippen LogP contribution in [0.5, 0.6) is 0 Å². The van der Waals surface area contributed by atoms with E-state index in [-0.39, 0.29) is 65.5 Å². The summed E-state index contributed by atoms with van der Waals surface area (Å²) in [5.74, 6) is -0.987. The molecule has 2 aliphatic heterocycles. The molecule has 2 heterocycles. The van der Waals surface area contributed by atoms with Crippen molar-refractivity contribution >= 4 is 63.1 Å². The van der Waals surface area contributed by atoms with Gasteiger partial charge in [-0.25, -0.2) is 23.1 Å². The fraction of sp³-hybridized carbons (Fsp3) is 0.526. The molecule has 0 spiro atoms. The number of carbonyl (C=O) groups is 6. The predicted molar refractivity (Wildman–Crippen MR) is 220 cm³/mol. The number of nitrogens with one attached hydrogen (secondary N) is 6. The highest BCUT2D eigenvalue weighted by Gasteiger charge is 2.42. The van der Waals surface area contributed by atoms with Crippen molar-refractivity contribution in [2.24, 2.45) is 10.3 Å². The minimum Gasteiger partial charge on any atom is -0.462 e. The summed E-state index contributed by atoms with van der Waals surface area (Å²) < 4.78 is 28.3. The zero-order valence-electron chi connectivity index (χ0n) is 32.7. The molecule has 8 N–H and O–H groups in total. The SMILES string of the molecule is [N-]=[N+]=Nc1ccc(C(=O)NC(CCCCNC(=O)CCCCCNC(=O)CCCC[C@H]2SCC3NC(=O)NC32)C(=O)OCCNC(=O)c2ccc(S(N)(=O)=O)cc2)cc1. The van der Waals surface area contributed by atoms with Crippen LogP contribution in [0, 0.1) is 0 Å². The first-order chi connectivity index (χ1) is 28.3. The first-order valence-corrected chi connectivity index (χ1v) is 22.2. The van der Waals surface area contributed by atoms with Gasteiger partial charge in [0.25, 0.3) is 11.8 Å². The maximum atomic E-state index is 13.1. The van der Waals surface area contributed by atoms with Crippen LogP contribution in [-0.2, 0) is 29.1 Å². The first-order valence-electron chi connectivity index (χ1n) is 19.6. The third kappa shape index (κ3) is 16.1. The smallest absolute Gasteiger partial charge is 0.328 e. The molecule has 0 aromatic heterocycles. The number of fused-ring (bicyclic) bond motifs is 1. The standard InChI is InChI=1S/C38H52N10O9S2/c39-48-47-27-16-12-26(13-17-27)36(52)44-29(37(53)57-23-22-43-35(51)25-14-18-28(19-15-25)59(40,55)56)8-5-7-21-42-32(49)10-2-1-6-20-41-33(50)11-4-3-9-31-34-30(24-58-31)45-38(54)46-34/h12-19,29-31,34H,1-11,20-24H2,(H,41,50)(H,42,49)(H,43,51)(H,44,52)(H2,40,55,56)(H2,45,46,54)/t29?,30?,31-,34?/m1/s1. The molecule has 19 nitrogen and oxygen atoms in total. The molecule has 0 saturated carbocycles. The van der Waals surface area contributed by atoms with Crippen molar-refractivity contribution in [2.45, 2.75) is 98.9 Å². The third-order valence-electron chi connectivity index (χ3n) is 9.68. The summed E-state index contributed by atoms with van der Waals surface area (Å²) in [6.07, 6.45) is 6.88. The Morgan fingerprint density at radius 2 is 1.46 bits per heavy atom. The Kier molecular flexibility index (Phi) is 18.8. The third-order valence-corrected chi connectivity index (χ3v) is 12.1. The molecule has 0 radical (unpaired) electrons. The van der Waals surface area contributed by atoms with Crippen molar-refractivity contribution in [1.29, 1.82) is 0 Å². The Hall–Kier alpha value is -5.37. The van der Waals surface area contributed by atoms with E-state index in [1.165, 1.54) is 48.5 Å². The van der Waals surface area contributed by atoms with Crippen LogP contribution in [0.2, 0.25) is 0 Å². The Morgan fingerprint density at radius 1 is 0.831 bits per heavy atom. The number of rotatable bonds is 25. The zero-order valence-corrected chi connectivity index (χ0v) is 34.3. The number of primary sulfonamides is 1. The number of hydrogen-bond acceptors (Lipinski definition) is 11. The Bertz CT molecular complexity index is 1930. The highest BCUT2D eigenvalue weighted by molar-refractivity contribution is 8.00. The molecule has 4 atom stereocenters. The van der Waals surface area contributed by atoms with Crippen molar-refractivity contribution < 1.29 is 41.9 Å². The lowest BCUT2D eigenvalue weighted by Crippen LogP contribution is -2.42. The molecule has 320 valence electrons. The van der Waals surface area contributed by atoms with Gasteiger partial charge in [-0.1, -0.05) is 30.1 Å². The second-order valence-corrected chi connectivity index (χ2v) is 17.0. The number of ether oxygens (including phenoxy) is 1. The lowest BCUT2D eigenvalue weighted by Gasteiger charge is -2.18. The first kappa shape index (κ1) is 46.3. The number of hydrogen-bond donors (Lipinski definition) is 7. The summed E-state index contributed by atoms with van der Waals surface area (Å²) in [5.41, 5.74) is 9.33. The molecule has 0 bridgehead atoms. The average Bonchev–Trinajstić information content (AvgIpc) is 3.77.